The monoisotopic (exact) mass is 363 g/mol. The molecule has 0 spiro atoms. The zero-order valence-corrected chi connectivity index (χ0v) is 13.7. The highest BCUT2D eigenvalue weighted by Crippen LogP contribution is 2.21. The topological polar surface area (TPSA) is 39.3 Å². The second-order valence-corrected chi connectivity index (χ2v) is 6.54. The minimum absolute atomic E-state index is 0.0768. The van der Waals surface area contributed by atoms with Crippen molar-refractivity contribution >= 4 is 33.3 Å². The number of benzene rings is 1. The lowest BCUT2D eigenvalue weighted by Crippen LogP contribution is -2.22. The van der Waals surface area contributed by atoms with Gasteiger partial charge in [-0.3, -0.25) is 4.40 Å². The standard InChI is InChI=1S/C15H14BrN3OS/c16-13-6-2-1-5-12(13)11-21-10-9-19-15(20)18-8-4-3-7-14(18)17-19/h1-8H,9-11H2. The van der Waals surface area contributed by atoms with E-state index in [1.165, 1.54) is 10.2 Å². The lowest BCUT2D eigenvalue weighted by atomic mass is 10.2. The van der Waals surface area contributed by atoms with Crippen LogP contribution >= 0.6 is 27.7 Å². The number of hydrogen-bond donors (Lipinski definition) is 0. The Hall–Kier alpha value is -1.53. The van der Waals surface area contributed by atoms with Crippen LogP contribution in [0, 0.1) is 0 Å². The number of thioether (sulfide) groups is 1. The molecule has 0 saturated carbocycles. The van der Waals surface area contributed by atoms with E-state index in [0.29, 0.717) is 12.2 Å². The Morgan fingerprint density at radius 2 is 1.95 bits per heavy atom. The van der Waals surface area contributed by atoms with Crippen LogP contribution in [0.5, 0.6) is 0 Å². The minimum Gasteiger partial charge on any atom is -0.250 e. The van der Waals surface area contributed by atoms with Crippen molar-refractivity contribution in [3.63, 3.8) is 0 Å². The first-order chi connectivity index (χ1) is 10.3. The van der Waals surface area contributed by atoms with E-state index in [4.69, 9.17) is 0 Å². The highest BCUT2D eigenvalue weighted by atomic mass is 79.9. The Bertz CT molecular complexity index is 812. The third kappa shape index (κ3) is 3.22. The van der Waals surface area contributed by atoms with Crippen molar-refractivity contribution in [2.75, 3.05) is 5.75 Å². The van der Waals surface area contributed by atoms with Gasteiger partial charge in [-0.2, -0.15) is 11.8 Å². The smallest absolute Gasteiger partial charge is 0.250 e. The highest BCUT2D eigenvalue weighted by molar-refractivity contribution is 9.10. The van der Waals surface area contributed by atoms with Gasteiger partial charge in [0.15, 0.2) is 5.65 Å². The summed E-state index contributed by atoms with van der Waals surface area (Å²) in [5.41, 5.74) is 1.88. The van der Waals surface area contributed by atoms with E-state index in [9.17, 15) is 4.79 Å². The summed E-state index contributed by atoms with van der Waals surface area (Å²) in [6.07, 6.45) is 1.75. The Balaban J connectivity index is 1.61. The van der Waals surface area contributed by atoms with Crippen LogP contribution in [-0.2, 0) is 12.3 Å². The predicted octanol–water partition coefficient (Wildman–Crippen LogP) is 3.19. The molecule has 108 valence electrons. The van der Waals surface area contributed by atoms with Crippen LogP contribution in [0.25, 0.3) is 5.65 Å². The van der Waals surface area contributed by atoms with E-state index >= 15 is 0 Å². The van der Waals surface area contributed by atoms with E-state index < -0.39 is 0 Å². The van der Waals surface area contributed by atoms with Crippen molar-refractivity contribution < 1.29 is 0 Å². The number of aromatic nitrogens is 3. The van der Waals surface area contributed by atoms with E-state index in [1.54, 1.807) is 22.4 Å². The van der Waals surface area contributed by atoms with E-state index in [0.717, 1.165) is 16.0 Å². The first kappa shape index (κ1) is 14.4. The number of hydrogen-bond acceptors (Lipinski definition) is 3. The fourth-order valence-electron chi connectivity index (χ4n) is 2.06. The molecule has 3 aromatic rings. The lowest BCUT2D eigenvalue weighted by molar-refractivity contribution is 0.639. The van der Waals surface area contributed by atoms with Gasteiger partial charge in [0.25, 0.3) is 0 Å². The van der Waals surface area contributed by atoms with Crippen molar-refractivity contribution in [1.29, 1.82) is 0 Å². The zero-order valence-electron chi connectivity index (χ0n) is 11.3. The van der Waals surface area contributed by atoms with Crippen LogP contribution in [-0.4, -0.2) is 19.9 Å². The Kier molecular flexibility index (Phi) is 4.45. The van der Waals surface area contributed by atoms with Gasteiger partial charge in [-0.05, 0) is 23.8 Å². The first-order valence-electron chi connectivity index (χ1n) is 6.61. The molecular formula is C15H14BrN3OS. The van der Waals surface area contributed by atoms with Crippen LogP contribution in [0.3, 0.4) is 0 Å². The molecule has 6 heteroatoms. The van der Waals surface area contributed by atoms with Crippen LogP contribution in [0.15, 0.2) is 57.9 Å². The predicted molar refractivity (Wildman–Crippen MR) is 89.8 cm³/mol. The maximum atomic E-state index is 12.1. The summed E-state index contributed by atoms with van der Waals surface area (Å²) in [4.78, 5) is 12.1. The summed E-state index contributed by atoms with van der Waals surface area (Å²) in [5, 5.41) is 4.32. The third-order valence-electron chi connectivity index (χ3n) is 3.15. The van der Waals surface area contributed by atoms with Gasteiger partial charge in [-0.15, -0.1) is 5.10 Å². The number of fused-ring (bicyclic) bond motifs is 1. The molecule has 0 N–H and O–H groups in total. The van der Waals surface area contributed by atoms with E-state index in [-0.39, 0.29) is 5.69 Å². The molecule has 1 aromatic carbocycles. The van der Waals surface area contributed by atoms with Crippen molar-refractivity contribution in [2.45, 2.75) is 12.3 Å². The maximum Gasteiger partial charge on any atom is 0.350 e. The molecule has 0 unspecified atom stereocenters. The summed E-state index contributed by atoms with van der Waals surface area (Å²) < 4.78 is 4.23. The molecule has 0 fully saturated rings. The molecule has 0 aliphatic heterocycles. The van der Waals surface area contributed by atoms with E-state index in [1.807, 2.05) is 36.4 Å². The van der Waals surface area contributed by atoms with Crippen molar-refractivity contribution in [1.82, 2.24) is 14.2 Å². The molecule has 3 rings (SSSR count). The highest BCUT2D eigenvalue weighted by Gasteiger charge is 2.05. The van der Waals surface area contributed by atoms with Gasteiger partial charge in [0.1, 0.15) is 0 Å². The summed E-state index contributed by atoms with van der Waals surface area (Å²) in [6, 6.07) is 13.8. The van der Waals surface area contributed by atoms with Crippen molar-refractivity contribution in [3.8, 4) is 0 Å². The minimum atomic E-state index is -0.0768. The largest absolute Gasteiger partial charge is 0.350 e. The average Bonchev–Trinajstić information content (AvgIpc) is 2.82. The summed E-state index contributed by atoms with van der Waals surface area (Å²) >= 11 is 5.34. The number of halogens is 1. The van der Waals surface area contributed by atoms with Crippen LogP contribution in [0.2, 0.25) is 0 Å². The Morgan fingerprint density at radius 3 is 2.76 bits per heavy atom. The van der Waals surface area contributed by atoms with Gasteiger partial charge in [-0.25, -0.2) is 9.48 Å². The number of aryl methyl sites for hydroxylation is 1. The normalized spacial score (nSPS) is 11.1. The van der Waals surface area contributed by atoms with Crippen LogP contribution in [0.1, 0.15) is 5.56 Å². The molecule has 0 saturated heterocycles. The fraction of sp³-hybridized carbons (Fsp3) is 0.200. The number of nitrogens with zero attached hydrogens (tertiary/aromatic N) is 3. The zero-order chi connectivity index (χ0) is 14.7. The Morgan fingerprint density at radius 1 is 1.14 bits per heavy atom. The molecule has 2 heterocycles. The molecular weight excluding hydrogens is 350 g/mol. The maximum absolute atomic E-state index is 12.1. The molecule has 2 aromatic heterocycles. The van der Waals surface area contributed by atoms with Gasteiger partial charge >= 0.3 is 5.69 Å². The second kappa shape index (κ2) is 6.49. The van der Waals surface area contributed by atoms with E-state index in [2.05, 4.69) is 27.1 Å². The average molecular weight is 364 g/mol. The molecule has 0 aliphatic rings. The van der Waals surface area contributed by atoms with Crippen molar-refractivity contribution in [3.05, 3.63) is 69.2 Å². The van der Waals surface area contributed by atoms with Crippen LogP contribution < -0.4 is 5.69 Å². The van der Waals surface area contributed by atoms with Gasteiger partial charge in [-0.1, -0.05) is 40.2 Å². The Labute approximate surface area is 134 Å². The van der Waals surface area contributed by atoms with Crippen molar-refractivity contribution in [2.24, 2.45) is 0 Å². The molecule has 0 aliphatic carbocycles. The summed E-state index contributed by atoms with van der Waals surface area (Å²) in [7, 11) is 0. The molecule has 0 radical (unpaired) electrons. The van der Waals surface area contributed by atoms with Gasteiger partial charge < -0.3 is 0 Å². The summed E-state index contributed by atoms with van der Waals surface area (Å²) in [5.74, 6) is 1.77. The van der Waals surface area contributed by atoms with Gasteiger partial charge in [0, 0.05) is 22.2 Å². The molecule has 0 amide bonds. The number of rotatable bonds is 5. The molecule has 0 bridgehead atoms. The molecule has 4 nitrogen and oxygen atoms in total. The number of pyridine rings is 1. The van der Waals surface area contributed by atoms with Crippen LogP contribution in [0.4, 0.5) is 0 Å². The van der Waals surface area contributed by atoms with Gasteiger partial charge in [0.2, 0.25) is 0 Å². The second-order valence-electron chi connectivity index (χ2n) is 4.58. The fourth-order valence-corrected chi connectivity index (χ4v) is 3.59. The quantitative estimate of drug-likeness (QED) is 0.653. The first-order valence-corrected chi connectivity index (χ1v) is 8.56. The molecule has 21 heavy (non-hydrogen) atoms. The third-order valence-corrected chi connectivity index (χ3v) is 4.91. The lowest BCUT2D eigenvalue weighted by Gasteiger charge is -2.04. The SMILES string of the molecule is O=c1n(CCSCc2ccccc2Br)nc2ccccn12. The summed E-state index contributed by atoms with van der Waals surface area (Å²) in [6.45, 7) is 0.621. The molecule has 0 atom stereocenters. The van der Waals surface area contributed by atoms with Gasteiger partial charge in [0.05, 0.1) is 6.54 Å².